The van der Waals surface area contributed by atoms with Crippen LogP contribution in [-0.2, 0) is 0 Å². The van der Waals surface area contributed by atoms with E-state index in [0.717, 1.165) is 12.0 Å². The Balaban J connectivity index is 2.05. The predicted molar refractivity (Wildman–Crippen MR) is 71.8 cm³/mol. The Morgan fingerprint density at radius 1 is 1.50 bits per heavy atom. The summed E-state index contributed by atoms with van der Waals surface area (Å²) in [5.41, 5.74) is 1.39. The van der Waals surface area contributed by atoms with Gasteiger partial charge >= 0.3 is 0 Å². The number of hydrogen-bond donors (Lipinski definition) is 2. The Morgan fingerprint density at radius 3 is 2.94 bits per heavy atom. The normalized spacial score (nSPS) is 22.2. The molecule has 18 heavy (non-hydrogen) atoms. The highest BCUT2D eigenvalue weighted by molar-refractivity contribution is 6.34. The molecule has 0 heterocycles. The van der Waals surface area contributed by atoms with E-state index in [4.69, 9.17) is 16.7 Å². The lowest BCUT2D eigenvalue weighted by atomic mass is 10.1. The van der Waals surface area contributed by atoms with E-state index in [1.807, 2.05) is 31.2 Å². The molecule has 1 aliphatic carbocycles. The fraction of sp³-hybridized carbons (Fsp3) is 0.357. The minimum atomic E-state index is -0.170. The van der Waals surface area contributed by atoms with E-state index in [9.17, 15) is 4.79 Å². The fourth-order valence-corrected chi connectivity index (χ4v) is 2.30. The van der Waals surface area contributed by atoms with Crippen LogP contribution in [-0.4, -0.2) is 23.7 Å². The molecular weight excluding hydrogens is 250 g/mol. The summed E-state index contributed by atoms with van der Waals surface area (Å²) in [5, 5.41) is 12.4. The highest BCUT2D eigenvalue weighted by Crippen LogP contribution is 2.22. The van der Waals surface area contributed by atoms with Crippen molar-refractivity contribution in [1.29, 1.82) is 0 Å². The number of amides is 1. The van der Waals surface area contributed by atoms with Gasteiger partial charge in [-0.25, -0.2) is 0 Å². The largest absolute Gasteiger partial charge is 0.396 e. The summed E-state index contributed by atoms with van der Waals surface area (Å²) in [6.45, 7) is 1.99. The van der Waals surface area contributed by atoms with Gasteiger partial charge in [0.25, 0.3) is 5.91 Å². The zero-order valence-corrected chi connectivity index (χ0v) is 10.9. The van der Waals surface area contributed by atoms with E-state index in [-0.39, 0.29) is 24.5 Å². The number of nitrogens with one attached hydrogen (secondary N) is 1. The molecule has 0 fully saturated rings. The van der Waals surface area contributed by atoms with Crippen LogP contribution in [0.25, 0.3) is 0 Å². The minimum absolute atomic E-state index is 0.0220. The molecule has 2 rings (SSSR count). The van der Waals surface area contributed by atoms with Gasteiger partial charge in [0.2, 0.25) is 0 Å². The van der Waals surface area contributed by atoms with Gasteiger partial charge in [-0.05, 0) is 25.0 Å². The molecule has 0 unspecified atom stereocenters. The first kappa shape index (κ1) is 13.1. The summed E-state index contributed by atoms with van der Waals surface area (Å²) in [7, 11) is 0. The molecule has 2 atom stereocenters. The molecule has 1 aromatic rings. The van der Waals surface area contributed by atoms with Gasteiger partial charge in [0.15, 0.2) is 0 Å². The van der Waals surface area contributed by atoms with Gasteiger partial charge in [-0.1, -0.05) is 35.9 Å². The summed E-state index contributed by atoms with van der Waals surface area (Å²) >= 11 is 6.11. The van der Waals surface area contributed by atoms with Crippen LogP contribution in [0.1, 0.15) is 22.3 Å². The van der Waals surface area contributed by atoms with E-state index >= 15 is 0 Å². The second-order valence-corrected chi connectivity index (χ2v) is 4.96. The molecule has 3 nitrogen and oxygen atoms in total. The Morgan fingerprint density at radius 2 is 2.28 bits per heavy atom. The van der Waals surface area contributed by atoms with Crippen molar-refractivity contribution in [3.8, 4) is 0 Å². The van der Waals surface area contributed by atoms with Crippen molar-refractivity contribution >= 4 is 17.5 Å². The lowest BCUT2D eigenvalue weighted by Crippen LogP contribution is -2.33. The van der Waals surface area contributed by atoms with Crippen LogP contribution in [0, 0.1) is 12.8 Å². The van der Waals surface area contributed by atoms with E-state index in [1.165, 1.54) is 0 Å². The number of halogens is 1. The maximum absolute atomic E-state index is 12.1. The van der Waals surface area contributed by atoms with Gasteiger partial charge in [0.05, 0.1) is 10.6 Å². The summed E-state index contributed by atoms with van der Waals surface area (Å²) in [5.74, 6) is -0.0276. The first-order chi connectivity index (χ1) is 8.61. The number of aliphatic hydroxyl groups is 1. The molecule has 1 aliphatic rings. The zero-order chi connectivity index (χ0) is 13.1. The molecule has 0 bridgehead atoms. The number of rotatable bonds is 3. The van der Waals surface area contributed by atoms with Crippen molar-refractivity contribution in [1.82, 2.24) is 5.32 Å². The molecule has 0 aliphatic heterocycles. The minimum Gasteiger partial charge on any atom is -0.396 e. The first-order valence-corrected chi connectivity index (χ1v) is 6.34. The molecule has 1 amide bonds. The highest BCUT2D eigenvalue weighted by Gasteiger charge is 2.21. The molecule has 2 N–H and O–H groups in total. The van der Waals surface area contributed by atoms with Gasteiger partial charge < -0.3 is 10.4 Å². The van der Waals surface area contributed by atoms with Crippen LogP contribution in [0.5, 0.6) is 0 Å². The molecule has 0 saturated heterocycles. The number of aliphatic hydroxyl groups excluding tert-OH is 1. The molecule has 0 saturated carbocycles. The number of aryl methyl sites for hydroxylation is 1. The smallest absolute Gasteiger partial charge is 0.253 e. The van der Waals surface area contributed by atoms with E-state index in [2.05, 4.69) is 5.32 Å². The van der Waals surface area contributed by atoms with E-state index in [0.29, 0.717) is 10.6 Å². The standard InChI is InChI=1S/C14H16ClNO2/c1-9-3-2-4-12(13(9)15)14(18)16-11-6-5-10(7-11)8-17/h2-6,10-11,17H,7-8H2,1H3,(H,16,18)/t10-,11+/m0/s1. The van der Waals surface area contributed by atoms with E-state index in [1.54, 1.807) is 6.07 Å². The monoisotopic (exact) mass is 265 g/mol. The predicted octanol–water partition coefficient (Wildman–Crippen LogP) is 2.32. The van der Waals surface area contributed by atoms with Crippen molar-refractivity contribution < 1.29 is 9.90 Å². The third-order valence-electron chi connectivity index (χ3n) is 3.16. The summed E-state index contributed by atoms with van der Waals surface area (Å²) in [4.78, 5) is 12.1. The summed E-state index contributed by atoms with van der Waals surface area (Å²) in [6.07, 6.45) is 4.59. The highest BCUT2D eigenvalue weighted by atomic mass is 35.5. The lowest BCUT2D eigenvalue weighted by Gasteiger charge is -2.14. The number of carbonyl (C=O) groups is 1. The van der Waals surface area contributed by atoms with Crippen molar-refractivity contribution in [2.24, 2.45) is 5.92 Å². The average molecular weight is 266 g/mol. The van der Waals surface area contributed by atoms with Gasteiger partial charge in [-0.3, -0.25) is 4.79 Å². The van der Waals surface area contributed by atoms with Gasteiger partial charge in [0.1, 0.15) is 0 Å². The van der Waals surface area contributed by atoms with Crippen LogP contribution < -0.4 is 5.32 Å². The number of hydrogen-bond acceptors (Lipinski definition) is 2. The Labute approximate surface area is 111 Å². The zero-order valence-electron chi connectivity index (χ0n) is 10.2. The van der Waals surface area contributed by atoms with Crippen LogP contribution in [0.2, 0.25) is 5.02 Å². The second kappa shape index (κ2) is 5.55. The summed E-state index contributed by atoms with van der Waals surface area (Å²) < 4.78 is 0. The third kappa shape index (κ3) is 2.74. The van der Waals surface area contributed by atoms with Crippen molar-refractivity contribution in [2.75, 3.05) is 6.61 Å². The van der Waals surface area contributed by atoms with E-state index < -0.39 is 0 Å². The topological polar surface area (TPSA) is 49.3 Å². The van der Waals surface area contributed by atoms with Crippen LogP contribution >= 0.6 is 11.6 Å². The summed E-state index contributed by atoms with van der Waals surface area (Å²) in [6, 6.07) is 5.38. The Hall–Kier alpha value is -1.32. The number of carbonyl (C=O) groups excluding carboxylic acids is 1. The molecular formula is C14H16ClNO2. The van der Waals surface area contributed by atoms with Crippen LogP contribution in [0.4, 0.5) is 0 Å². The average Bonchev–Trinajstić information content (AvgIpc) is 2.80. The van der Waals surface area contributed by atoms with Gasteiger partial charge in [0, 0.05) is 18.6 Å². The third-order valence-corrected chi connectivity index (χ3v) is 3.66. The Kier molecular flexibility index (Phi) is 4.04. The van der Waals surface area contributed by atoms with Gasteiger partial charge in [-0.2, -0.15) is 0 Å². The Bertz CT molecular complexity index is 485. The van der Waals surface area contributed by atoms with Crippen molar-refractivity contribution in [2.45, 2.75) is 19.4 Å². The number of benzene rings is 1. The van der Waals surface area contributed by atoms with Gasteiger partial charge in [-0.15, -0.1) is 0 Å². The van der Waals surface area contributed by atoms with Crippen LogP contribution in [0.15, 0.2) is 30.4 Å². The molecule has 1 aromatic carbocycles. The molecule has 0 radical (unpaired) electrons. The van der Waals surface area contributed by atoms with Crippen molar-refractivity contribution in [3.63, 3.8) is 0 Å². The molecule has 0 aromatic heterocycles. The van der Waals surface area contributed by atoms with Crippen LogP contribution in [0.3, 0.4) is 0 Å². The quantitative estimate of drug-likeness (QED) is 0.824. The maximum atomic E-state index is 12.1. The molecule has 96 valence electrons. The SMILES string of the molecule is Cc1cccc(C(=O)N[C@@H]2C=C[C@H](CO)C2)c1Cl. The van der Waals surface area contributed by atoms with Crippen molar-refractivity contribution in [3.05, 3.63) is 46.5 Å². The molecule has 0 spiro atoms. The maximum Gasteiger partial charge on any atom is 0.253 e. The fourth-order valence-electron chi connectivity index (χ4n) is 2.09. The lowest BCUT2D eigenvalue weighted by molar-refractivity contribution is 0.0941. The first-order valence-electron chi connectivity index (χ1n) is 5.97. The second-order valence-electron chi connectivity index (χ2n) is 4.58. The molecule has 4 heteroatoms.